The molecule has 0 atom stereocenters. The lowest BCUT2D eigenvalue weighted by atomic mass is 10.4. The molecule has 1 aliphatic carbocycles. The minimum atomic E-state index is 0.0677. The predicted octanol–water partition coefficient (Wildman–Crippen LogP) is 0.902. The maximum atomic E-state index is 11.4. The number of nitrogens with two attached hydrogens (primary N) is 1. The smallest absolute Gasteiger partial charge is 0.221 e. The second kappa shape index (κ2) is 5.31. The lowest BCUT2D eigenvalue weighted by Crippen LogP contribution is -2.27. The highest BCUT2D eigenvalue weighted by Crippen LogP contribution is 2.23. The van der Waals surface area contributed by atoms with Crippen LogP contribution < -0.4 is 16.4 Å². The maximum absolute atomic E-state index is 11.4. The topological polar surface area (TPSA) is 92.9 Å². The fraction of sp³-hybridized carbons (Fsp3) is 0.500. The molecule has 1 amide bonds. The molecule has 17 heavy (non-hydrogen) atoms. The van der Waals surface area contributed by atoms with E-state index < -0.39 is 0 Å². The van der Waals surface area contributed by atoms with E-state index in [1.807, 2.05) is 0 Å². The van der Waals surface area contributed by atoms with E-state index >= 15 is 0 Å². The first kappa shape index (κ1) is 12.1. The number of nitrogen functional groups attached to an aromatic ring is 1. The van der Waals surface area contributed by atoms with Crippen LogP contribution in [0.25, 0.3) is 0 Å². The van der Waals surface area contributed by atoms with Gasteiger partial charge in [-0.25, -0.2) is 9.97 Å². The molecule has 4 N–H and O–H groups in total. The van der Waals surface area contributed by atoms with E-state index in [0.29, 0.717) is 35.1 Å². The normalized spacial score (nSPS) is 14.4. The van der Waals surface area contributed by atoms with Crippen LogP contribution in [-0.2, 0) is 4.79 Å². The molecule has 0 bridgehead atoms. The zero-order valence-electron chi connectivity index (χ0n) is 9.24. The predicted molar refractivity (Wildman–Crippen MR) is 68.4 cm³/mol. The third-order valence-electron chi connectivity index (χ3n) is 2.40. The van der Waals surface area contributed by atoms with Crippen molar-refractivity contribution in [1.82, 2.24) is 15.3 Å². The third kappa shape index (κ3) is 3.55. The summed E-state index contributed by atoms with van der Waals surface area (Å²) >= 11 is 3.28. The number of halogens is 1. The van der Waals surface area contributed by atoms with Crippen molar-refractivity contribution in [3.63, 3.8) is 0 Å². The van der Waals surface area contributed by atoms with Gasteiger partial charge >= 0.3 is 0 Å². The van der Waals surface area contributed by atoms with Crippen LogP contribution in [-0.4, -0.2) is 28.5 Å². The van der Waals surface area contributed by atoms with Gasteiger partial charge in [0.05, 0.1) is 0 Å². The highest BCUT2D eigenvalue weighted by molar-refractivity contribution is 9.10. The lowest BCUT2D eigenvalue weighted by molar-refractivity contribution is -0.120. The number of nitrogens with zero attached hydrogens (tertiary/aromatic N) is 2. The minimum Gasteiger partial charge on any atom is -0.383 e. The van der Waals surface area contributed by atoms with Crippen molar-refractivity contribution < 1.29 is 4.79 Å². The number of anilines is 2. The van der Waals surface area contributed by atoms with Crippen molar-refractivity contribution in [3.05, 3.63) is 10.8 Å². The summed E-state index contributed by atoms with van der Waals surface area (Å²) in [4.78, 5) is 19.3. The summed E-state index contributed by atoms with van der Waals surface area (Å²) in [6.45, 7) is 0.521. The van der Waals surface area contributed by atoms with Gasteiger partial charge in [-0.1, -0.05) is 0 Å². The van der Waals surface area contributed by atoms with Crippen molar-refractivity contribution in [1.29, 1.82) is 0 Å². The monoisotopic (exact) mass is 299 g/mol. The average molecular weight is 300 g/mol. The Kier molecular flexibility index (Phi) is 3.78. The first-order valence-corrected chi connectivity index (χ1v) is 6.25. The SMILES string of the molecule is Nc1ncnc(NCCC(=O)NC2CC2)c1Br. The molecule has 92 valence electrons. The molecule has 0 spiro atoms. The quantitative estimate of drug-likeness (QED) is 0.751. The number of aromatic nitrogens is 2. The minimum absolute atomic E-state index is 0.0677. The van der Waals surface area contributed by atoms with Crippen molar-refractivity contribution in [2.75, 3.05) is 17.6 Å². The molecule has 0 unspecified atom stereocenters. The van der Waals surface area contributed by atoms with Gasteiger partial charge < -0.3 is 16.4 Å². The van der Waals surface area contributed by atoms with Gasteiger partial charge in [-0.3, -0.25) is 4.79 Å². The third-order valence-corrected chi connectivity index (χ3v) is 3.19. The Hall–Kier alpha value is -1.37. The van der Waals surface area contributed by atoms with E-state index in [9.17, 15) is 4.79 Å². The van der Waals surface area contributed by atoms with E-state index in [2.05, 4.69) is 36.5 Å². The van der Waals surface area contributed by atoms with Crippen LogP contribution in [0, 0.1) is 0 Å². The summed E-state index contributed by atoms with van der Waals surface area (Å²) in [5, 5.41) is 5.96. The summed E-state index contributed by atoms with van der Waals surface area (Å²) in [6, 6.07) is 0.406. The summed E-state index contributed by atoms with van der Waals surface area (Å²) in [7, 11) is 0. The van der Waals surface area contributed by atoms with Crippen LogP contribution in [0.1, 0.15) is 19.3 Å². The first-order valence-electron chi connectivity index (χ1n) is 5.46. The summed E-state index contributed by atoms with van der Waals surface area (Å²) in [5.41, 5.74) is 5.61. The number of amides is 1. The van der Waals surface area contributed by atoms with Crippen molar-refractivity contribution in [2.45, 2.75) is 25.3 Å². The number of rotatable bonds is 5. The molecule has 0 saturated heterocycles. The van der Waals surface area contributed by atoms with E-state index in [4.69, 9.17) is 5.73 Å². The van der Waals surface area contributed by atoms with Crippen LogP contribution in [0.4, 0.5) is 11.6 Å². The Morgan fingerprint density at radius 2 is 2.29 bits per heavy atom. The number of hydrogen-bond donors (Lipinski definition) is 3. The molecule has 0 aliphatic heterocycles. The highest BCUT2D eigenvalue weighted by atomic mass is 79.9. The van der Waals surface area contributed by atoms with Gasteiger partial charge in [0.15, 0.2) is 0 Å². The van der Waals surface area contributed by atoms with Gasteiger partial charge in [0.1, 0.15) is 22.4 Å². The fourth-order valence-corrected chi connectivity index (χ4v) is 1.67. The molecular weight excluding hydrogens is 286 g/mol. The average Bonchev–Trinajstić information content (AvgIpc) is 3.08. The van der Waals surface area contributed by atoms with Crippen molar-refractivity contribution in [2.24, 2.45) is 0 Å². The highest BCUT2D eigenvalue weighted by Gasteiger charge is 2.22. The molecule has 2 rings (SSSR count). The molecule has 1 saturated carbocycles. The molecule has 0 radical (unpaired) electrons. The molecule has 1 heterocycles. The van der Waals surface area contributed by atoms with Crippen LogP contribution in [0.15, 0.2) is 10.8 Å². The molecule has 1 aromatic rings. The summed E-state index contributed by atoms with van der Waals surface area (Å²) < 4.78 is 0.627. The zero-order chi connectivity index (χ0) is 12.3. The second-order valence-electron chi connectivity index (χ2n) is 3.94. The molecule has 1 aromatic heterocycles. The van der Waals surface area contributed by atoms with Gasteiger partial charge in [-0.2, -0.15) is 0 Å². The van der Waals surface area contributed by atoms with E-state index in [-0.39, 0.29) is 5.91 Å². The molecule has 1 fully saturated rings. The first-order chi connectivity index (χ1) is 8.16. The Balaban J connectivity index is 1.77. The van der Waals surface area contributed by atoms with E-state index in [1.54, 1.807) is 0 Å². The molecule has 6 nitrogen and oxygen atoms in total. The maximum Gasteiger partial charge on any atom is 0.221 e. The van der Waals surface area contributed by atoms with Crippen LogP contribution >= 0.6 is 15.9 Å². The summed E-state index contributed by atoms with van der Waals surface area (Å²) in [6.07, 6.45) is 4.01. The number of carbonyl (C=O) groups is 1. The van der Waals surface area contributed by atoms with Gasteiger partial charge in [0.25, 0.3) is 0 Å². The molecular formula is C10H14BrN5O. The van der Waals surface area contributed by atoms with Gasteiger partial charge in [0.2, 0.25) is 5.91 Å². The lowest BCUT2D eigenvalue weighted by Gasteiger charge is -2.08. The van der Waals surface area contributed by atoms with Crippen LogP contribution in [0.2, 0.25) is 0 Å². The largest absolute Gasteiger partial charge is 0.383 e. The Bertz CT molecular complexity index is 421. The fourth-order valence-electron chi connectivity index (χ4n) is 1.33. The number of hydrogen-bond acceptors (Lipinski definition) is 5. The molecule has 1 aliphatic rings. The van der Waals surface area contributed by atoms with Crippen LogP contribution in [0.3, 0.4) is 0 Å². The Morgan fingerprint density at radius 3 is 3.00 bits per heavy atom. The van der Waals surface area contributed by atoms with Crippen LogP contribution in [0.5, 0.6) is 0 Å². The molecule has 7 heteroatoms. The number of nitrogens with one attached hydrogen (secondary N) is 2. The van der Waals surface area contributed by atoms with E-state index in [0.717, 1.165) is 12.8 Å². The Morgan fingerprint density at radius 1 is 1.53 bits per heavy atom. The van der Waals surface area contributed by atoms with E-state index in [1.165, 1.54) is 6.33 Å². The standard InChI is InChI=1S/C10H14BrN5O/c11-8-9(12)14-5-15-10(8)13-4-3-7(17)16-6-1-2-6/h5-6H,1-4H2,(H,16,17)(H3,12,13,14,15). The van der Waals surface area contributed by atoms with Gasteiger partial charge in [-0.15, -0.1) is 0 Å². The Labute approximate surface area is 108 Å². The zero-order valence-corrected chi connectivity index (χ0v) is 10.8. The van der Waals surface area contributed by atoms with Crippen molar-refractivity contribution >= 4 is 33.5 Å². The molecule has 0 aromatic carbocycles. The summed E-state index contributed by atoms with van der Waals surface area (Å²) in [5.74, 6) is 1.06. The second-order valence-corrected chi connectivity index (χ2v) is 4.73. The van der Waals surface area contributed by atoms with Gasteiger partial charge in [0, 0.05) is 19.0 Å². The van der Waals surface area contributed by atoms with Crippen molar-refractivity contribution in [3.8, 4) is 0 Å². The number of carbonyl (C=O) groups excluding carboxylic acids is 1. The van der Waals surface area contributed by atoms with Gasteiger partial charge in [-0.05, 0) is 28.8 Å².